The van der Waals surface area contributed by atoms with Gasteiger partial charge >= 0.3 is 0 Å². The van der Waals surface area contributed by atoms with Crippen molar-refractivity contribution in [1.29, 1.82) is 0 Å². The molecule has 0 saturated carbocycles. The number of aryl methyl sites for hydroxylation is 1. The summed E-state index contributed by atoms with van der Waals surface area (Å²) in [6.45, 7) is 8.12. The quantitative estimate of drug-likeness (QED) is 0.776. The lowest BCUT2D eigenvalue weighted by Gasteiger charge is -2.23. The molecule has 120 valence electrons. The SMILES string of the molecule is CCC(C)(C)NC(=O)c1cc2c(C)nn(-c3ccccc3)c2s1. The highest BCUT2D eigenvalue weighted by Gasteiger charge is 2.22. The number of thiophene rings is 1. The van der Waals surface area contributed by atoms with Gasteiger partial charge in [0.2, 0.25) is 0 Å². The Hall–Kier alpha value is -2.14. The molecule has 0 spiro atoms. The minimum atomic E-state index is -0.201. The summed E-state index contributed by atoms with van der Waals surface area (Å²) in [5.74, 6) is -0.0166. The molecule has 0 atom stereocenters. The highest BCUT2D eigenvalue weighted by atomic mass is 32.1. The van der Waals surface area contributed by atoms with Gasteiger partial charge in [-0.2, -0.15) is 5.10 Å². The molecule has 4 nitrogen and oxygen atoms in total. The van der Waals surface area contributed by atoms with Gasteiger partial charge < -0.3 is 5.32 Å². The second-order valence-electron chi connectivity index (χ2n) is 6.35. The Morgan fingerprint density at radius 2 is 2.00 bits per heavy atom. The van der Waals surface area contributed by atoms with Crippen molar-refractivity contribution in [3.63, 3.8) is 0 Å². The monoisotopic (exact) mass is 327 g/mol. The molecule has 2 heterocycles. The second kappa shape index (κ2) is 5.81. The van der Waals surface area contributed by atoms with Crippen molar-refractivity contribution in [2.45, 2.75) is 39.7 Å². The van der Waals surface area contributed by atoms with E-state index in [-0.39, 0.29) is 11.4 Å². The van der Waals surface area contributed by atoms with Crippen LogP contribution < -0.4 is 5.32 Å². The lowest BCUT2D eigenvalue weighted by Crippen LogP contribution is -2.42. The maximum atomic E-state index is 12.5. The Bertz CT molecular complexity index is 846. The first kappa shape index (κ1) is 15.7. The standard InChI is InChI=1S/C18H21N3OS/c1-5-18(3,4)19-16(22)15-11-14-12(2)20-21(17(14)23-15)13-9-7-6-8-10-13/h6-11H,5H2,1-4H3,(H,19,22). The fraction of sp³-hybridized carbons (Fsp3) is 0.333. The predicted octanol–water partition coefficient (Wildman–Crippen LogP) is 4.31. The van der Waals surface area contributed by atoms with Crippen LogP contribution in [0.25, 0.3) is 15.9 Å². The van der Waals surface area contributed by atoms with Crippen LogP contribution in [0.15, 0.2) is 36.4 Å². The highest BCUT2D eigenvalue weighted by molar-refractivity contribution is 7.20. The van der Waals surface area contributed by atoms with E-state index in [2.05, 4.69) is 17.3 Å². The zero-order valence-corrected chi connectivity index (χ0v) is 14.7. The summed E-state index contributed by atoms with van der Waals surface area (Å²) in [6.07, 6.45) is 0.889. The number of nitrogens with zero attached hydrogens (tertiary/aromatic N) is 2. The lowest BCUT2D eigenvalue weighted by molar-refractivity contribution is 0.0915. The molecule has 0 aliphatic rings. The van der Waals surface area contributed by atoms with Gasteiger partial charge in [0.25, 0.3) is 5.91 Å². The molecule has 3 aromatic rings. The van der Waals surface area contributed by atoms with Gasteiger partial charge in [-0.3, -0.25) is 4.79 Å². The van der Waals surface area contributed by atoms with E-state index in [0.29, 0.717) is 0 Å². The second-order valence-corrected chi connectivity index (χ2v) is 7.38. The number of carbonyl (C=O) groups is 1. The molecule has 1 N–H and O–H groups in total. The van der Waals surface area contributed by atoms with Gasteiger partial charge in [-0.25, -0.2) is 4.68 Å². The van der Waals surface area contributed by atoms with Crippen molar-refractivity contribution < 1.29 is 4.79 Å². The first-order valence-corrected chi connectivity index (χ1v) is 8.60. The molecule has 0 fully saturated rings. The number of hydrogen-bond donors (Lipinski definition) is 1. The number of carbonyl (C=O) groups excluding carboxylic acids is 1. The number of hydrogen-bond acceptors (Lipinski definition) is 3. The van der Waals surface area contributed by atoms with Crippen LogP contribution in [0.3, 0.4) is 0 Å². The summed E-state index contributed by atoms with van der Waals surface area (Å²) in [7, 11) is 0. The lowest BCUT2D eigenvalue weighted by atomic mass is 10.0. The minimum Gasteiger partial charge on any atom is -0.346 e. The van der Waals surface area contributed by atoms with Crippen LogP contribution in [0.2, 0.25) is 0 Å². The third kappa shape index (κ3) is 3.01. The van der Waals surface area contributed by atoms with Crippen molar-refractivity contribution in [2.75, 3.05) is 0 Å². The molecule has 0 bridgehead atoms. The van der Waals surface area contributed by atoms with E-state index >= 15 is 0 Å². The summed E-state index contributed by atoms with van der Waals surface area (Å²) in [5.41, 5.74) is 1.75. The predicted molar refractivity (Wildman–Crippen MR) is 95.5 cm³/mol. The minimum absolute atomic E-state index is 0.0166. The van der Waals surface area contributed by atoms with E-state index in [1.165, 1.54) is 11.3 Å². The van der Waals surface area contributed by atoms with Crippen LogP contribution in [0, 0.1) is 6.92 Å². The Labute approximate surface area is 140 Å². The number of aromatic nitrogens is 2. The fourth-order valence-electron chi connectivity index (χ4n) is 2.36. The summed E-state index contributed by atoms with van der Waals surface area (Å²) in [6, 6.07) is 11.9. The smallest absolute Gasteiger partial charge is 0.261 e. The van der Waals surface area contributed by atoms with Gasteiger partial charge in [0.15, 0.2) is 0 Å². The van der Waals surface area contributed by atoms with Gasteiger partial charge in [-0.15, -0.1) is 11.3 Å². The third-order valence-electron chi connectivity index (χ3n) is 4.10. The Morgan fingerprint density at radius 3 is 2.65 bits per heavy atom. The molecule has 0 saturated heterocycles. The number of rotatable bonds is 4. The van der Waals surface area contributed by atoms with Gasteiger partial charge in [0.05, 0.1) is 16.3 Å². The zero-order chi connectivity index (χ0) is 16.6. The number of fused-ring (bicyclic) bond motifs is 1. The highest BCUT2D eigenvalue weighted by Crippen LogP contribution is 2.30. The first-order valence-electron chi connectivity index (χ1n) is 7.78. The number of nitrogens with one attached hydrogen (secondary N) is 1. The summed E-state index contributed by atoms with van der Waals surface area (Å²) in [5, 5.41) is 8.74. The van der Waals surface area contributed by atoms with E-state index in [1.54, 1.807) is 0 Å². The molecule has 23 heavy (non-hydrogen) atoms. The first-order chi connectivity index (χ1) is 10.9. The molecule has 0 unspecified atom stereocenters. The normalized spacial score (nSPS) is 11.8. The average molecular weight is 327 g/mol. The molecule has 5 heteroatoms. The largest absolute Gasteiger partial charge is 0.346 e. The van der Waals surface area contributed by atoms with Crippen LogP contribution >= 0.6 is 11.3 Å². The average Bonchev–Trinajstić information content (AvgIpc) is 3.09. The zero-order valence-electron chi connectivity index (χ0n) is 13.9. The molecular formula is C18H21N3OS. The van der Waals surface area contributed by atoms with Crippen molar-refractivity contribution in [2.24, 2.45) is 0 Å². The molecule has 1 amide bonds. The van der Waals surface area contributed by atoms with E-state index in [9.17, 15) is 4.79 Å². The molecule has 0 aliphatic carbocycles. The number of benzene rings is 1. The summed E-state index contributed by atoms with van der Waals surface area (Å²) in [4.78, 5) is 14.3. The van der Waals surface area contributed by atoms with Crippen LogP contribution in [-0.2, 0) is 0 Å². The maximum absolute atomic E-state index is 12.5. The molecular weight excluding hydrogens is 306 g/mol. The number of para-hydroxylation sites is 1. The topological polar surface area (TPSA) is 46.9 Å². The van der Waals surface area contributed by atoms with Crippen molar-refractivity contribution in [3.05, 3.63) is 47.0 Å². The molecule has 3 rings (SSSR count). The van der Waals surface area contributed by atoms with Crippen molar-refractivity contribution >= 4 is 27.5 Å². The maximum Gasteiger partial charge on any atom is 0.261 e. The van der Waals surface area contributed by atoms with Crippen LogP contribution in [-0.4, -0.2) is 21.2 Å². The fourth-order valence-corrected chi connectivity index (χ4v) is 3.44. The Kier molecular flexibility index (Phi) is 3.98. The number of amides is 1. The van der Waals surface area contributed by atoms with Gasteiger partial charge in [-0.05, 0) is 45.4 Å². The van der Waals surface area contributed by atoms with Crippen LogP contribution in [0.4, 0.5) is 0 Å². The van der Waals surface area contributed by atoms with Crippen LogP contribution in [0.5, 0.6) is 0 Å². The van der Waals surface area contributed by atoms with Crippen molar-refractivity contribution in [1.82, 2.24) is 15.1 Å². The van der Waals surface area contributed by atoms with Gasteiger partial charge in [-0.1, -0.05) is 25.1 Å². The van der Waals surface area contributed by atoms with Crippen LogP contribution in [0.1, 0.15) is 42.6 Å². The van der Waals surface area contributed by atoms with E-state index in [0.717, 1.165) is 32.9 Å². The van der Waals surface area contributed by atoms with E-state index in [4.69, 9.17) is 0 Å². The molecule has 0 radical (unpaired) electrons. The Morgan fingerprint density at radius 1 is 1.30 bits per heavy atom. The Balaban J connectivity index is 2.01. The van der Waals surface area contributed by atoms with Gasteiger partial charge in [0, 0.05) is 10.9 Å². The van der Waals surface area contributed by atoms with Crippen molar-refractivity contribution in [3.8, 4) is 5.69 Å². The van der Waals surface area contributed by atoms with E-state index in [1.807, 2.05) is 61.9 Å². The van der Waals surface area contributed by atoms with E-state index < -0.39 is 0 Å². The molecule has 1 aromatic carbocycles. The van der Waals surface area contributed by atoms with Gasteiger partial charge in [0.1, 0.15) is 4.83 Å². The molecule has 0 aliphatic heterocycles. The third-order valence-corrected chi connectivity index (χ3v) is 5.21. The summed E-state index contributed by atoms with van der Waals surface area (Å²) < 4.78 is 1.91. The molecule has 2 aromatic heterocycles. The summed E-state index contributed by atoms with van der Waals surface area (Å²) >= 11 is 1.49.